The number of hydrogen-bond donors (Lipinski definition) is 0. The quantitative estimate of drug-likeness (QED) is 0.714. The molecule has 3 rings (SSSR count). The van der Waals surface area contributed by atoms with Gasteiger partial charge < -0.3 is 4.90 Å². The van der Waals surface area contributed by atoms with Crippen molar-refractivity contribution in [1.82, 2.24) is 4.90 Å². The Bertz CT molecular complexity index is 486. The highest BCUT2D eigenvalue weighted by molar-refractivity contribution is 7.99. The lowest BCUT2D eigenvalue weighted by Gasteiger charge is -2.15. The van der Waals surface area contributed by atoms with Crippen molar-refractivity contribution in [3.8, 4) is 0 Å². The summed E-state index contributed by atoms with van der Waals surface area (Å²) in [7, 11) is 0. The Hall–Kier alpha value is -1.56. The molecule has 2 saturated heterocycles. The lowest BCUT2D eigenvalue weighted by Crippen LogP contribution is -2.33. The molecular weight excluding hydrogens is 243 g/mol. The van der Waals surface area contributed by atoms with Crippen LogP contribution in [0.3, 0.4) is 0 Å². The fourth-order valence-electron chi connectivity index (χ4n) is 2.06. The van der Waals surface area contributed by atoms with E-state index in [0.29, 0.717) is 11.6 Å². The zero-order chi connectivity index (χ0) is 12.0. The van der Waals surface area contributed by atoms with Gasteiger partial charge in [0.05, 0.1) is 11.6 Å². The van der Waals surface area contributed by atoms with E-state index >= 15 is 0 Å². The zero-order valence-electron chi connectivity index (χ0n) is 8.80. The van der Waals surface area contributed by atoms with Crippen molar-refractivity contribution < 1.29 is 14.0 Å². The highest BCUT2D eigenvalue weighted by Gasteiger charge is 2.49. The summed E-state index contributed by atoms with van der Waals surface area (Å²) in [5, 5.41) is 0. The Morgan fingerprint density at radius 1 is 1.29 bits per heavy atom. The summed E-state index contributed by atoms with van der Waals surface area (Å²) < 4.78 is 13.6. The standard InChI is InChI=1S/C11H9FN2O2S/c12-7-3-1-2-4-8(7)14-10(15)9-5-17-6-13(9)11(14)16/h1-4,9H,5-6H2/t9-/m1/s1. The van der Waals surface area contributed by atoms with Crippen molar-refractivity contribution in [3.05, 3.63) is 30.1 Å². The minimum absolute atomic E-state index is 0.0434. The molecule has 1 aromatic rings. The van der Waals surface area contributed by atoms with E-state index in [-0.39, 0.29) is 11.6 Å². The summed E-state index contributed by atoms with van der Waals surface area (Å²) >= 11 is 1.54. The lowest BCUT2D eigenvalue weighted by atomic mass is 10.2. The first-order valence-corrected chi connectivity index (χ1v) is 6.32. The number of imide groups is 1. The van der Waals surface area contributed by atoms with Crippen LogP contribution in [-0.2, 0) is 4.79 Å². The van der Waals surface area contributed by atoms with Crippen LogP contribution in [0.5, 0.6) is 0 Å². The first kappa shape index (κ1) is 10.6. The van der Waals surface area contributed by atoms with E-state index in [9.17, 15) is 14.0 Å². The van der Waals surface area contributed by atoms with Crippen LogP contribution in [0.15, 0.2) is 24.3 Å². The Balaban J connectivity index is 2.03. The molecule has 2 aliphatic heterocycles. The molecule has 0 aromatic heterocycles. The van der Waals surface area contributed by atoms with Gasteiger partial charge in [-0.2, -0.15) is 0 Å². The van der Waals surface area contributed by atoms with Gasteiger partial charge in [0.1, 0.15) is 11.9 Å². The number of carbonyl (C=O) groups is 2. The van der Waals surface area contributed by atoms with E-state index in [0.717, 1.165) is 4.90 Å². The van der Waals surface area contributed by atoms with Gasteiger partial charge in [0.25, 0.3) is 5.91 Å². The van der Waals surface area contributed by atoms with Crippen LogP contribution >= 0.6 is 11.8 Å². The molecule has 0 spiro atoms. The molecule has 0 saturated carbocycles. The van der Waals surface area contributed by atoms with Gasteiger partial charge in [0.15, 0.2) is 0 Å². The summed E-state index contributed by atoms with van der Waals surface area (Å²) in [5.41, 5.74) is 0.0434. The number of benzene rings is 1. The predicted octanol–water partition coefficient (Wildman–Crippen LogP) is 1.67. The van der Waals surface area contributed by atoms with E-state index in [1.807, 2.05) is 0 Å². The zero-order valence-corrected chi connectivity index (χ0v) is 9.61. The maximum Gasteiger partial charge on any atom is 0.332 e. The van der Waals surface area contributed by atoms with Crippen LogP contribution in [0.1, 0.15) is 0 Å². The second-order valence-electron chi connectivity index (χ2n) is 3.89. The van der Waals surface area contributed by atoms with Gasteiger partial charge in [-0.1, -0.05) is 12.1 Å². The van der Waals surface area contributed by atoms with Crippen molar-refractivity contribution in [3.63, 3.8) is 0 Å². The Morgan fingerprint density at radius 3 is 2.76 bits per heavy atom. The molecule has 2 fully saturated rings. The molecule has 2 heterocycles. The molecule has 4 nitrogen and oxygen atoms in total. The smallest absolute Gasteiger partial charge is 0.302 e. The van der Waals surface area contributed by atoms with Crippen molar-refractivity contribution in [2.45, 2.75) is 6.04 Å². The molecular formula is C11H9FN2O2S. The van der Waals surface area contributed by atoms with Crippen LogP contribution in [0.2, 0.25) is 0 Å². The Kier molecular flexibility index (Phi) is 2.32. The molecule has 17 heavy (non-hydrogen) atoms. The number of nitrogens with zero attached hydrogens (tertiary/aromatic N) is 2. The van der Waals surface area contributed by atoms with Crippen LogP contribution in [0, 0.1) is 5.82 Å². The van der Waals surface area contributed by atoms with Gasteiger partial charge in [-0.25, -0.2) is 14.1 Å². The van der Waals surface area contributed by atoms with Crippen molar-refractivity contribution >= 4 is 29.4 Å². The van der Waals surface area contributed by atoms with Gasteiger partial charge in [0, 0.05) is 5.75 Å². The Labute approximate surface area is 101 Å². The lowest BCUT2D eigenvalue weighted by molar-refractivity contribution is -0.118. The third-order valence-corrected chi connectivity index (χ3v) is 3.93. The normalized spacial score (nSPS) is 23.5. The third kappa shape index (κ3) is 1.44. The van der Waals surface area contributed by atoms with Crippen molar-refractivity contribution in [2.75, 3.05) is 16.5 Å². The maximum absolute atomic E-state index is 13.6. The number of rotatable bonds is 1. The first-order chi connectivity index (χ1) is 8.20. The number of amides is 3. The van der Waals surface area contributed by atoms with Crippen molar-refractivity contribution in [2.24, 2.45) is 0 Å². The number of para-hydroxylation sites is 1. The number of anilines is 1. The molecule has 0 aliphatic carbocycles. The summed E-state index contributed by atoms with van der Waals surface area (Å²) in [6.07, 6.45) is 0. The van der Waals surface area contributed by atoms with E-state index in [2.05, 4.69) is 0 Å². The van der Waals surface area contributed by atoms with E-state index < -0.39 is 17.9 Å². The summed E-state index contributed by atoms with van der Waals surface area (Å²) in [5.74, 6) is 0.212. The van der Waals surface area contributed by atoms with E-state index in [4.69, 9.17) is 0 Å². The number of fused-ring (bicyclic) bond motifs is 1. The molecule has 3 amide bonds. The number of urea groups is 1. The van der Waals surface area contributed by atoms with Gasteiger partial charge in [-0.15, -0.1) is 11.8 Å². The third-order valence-electron chi connectivity index (χ3n) is 2.92. The molecule has 1 atom stereocenters. The van der Waals surface area contributed by atoms with Crippen LogP contribution in [-0.4, -0.2) is 34.5 Å². The van der Waals surface area contributed by atoms with Gasteiger partial charge in [0.2, 0.25) is 0 Å². The maximum atomic E-state index is 13.6. The monoisotopic (exact) mass is 252 g/mol. The number of halogens is 1. The first-order valence-electron chi connectivity index (χ1n) is 5.17. The minimum atomic E-state index is -0.553. The summed E-state index contributed by atoms with van der Waals surface area (Å²) in [6, 6.07) is 4.98. The highest BCUT2D eigenvalue weighted by atomic mass is 32.2. The average Bonchev–Trinajstić information content (AvgIpc) is 2.87. The van der Waals surface area contributed by atoms with Crippen LogP contribution in [0.25, 0.3) is 0 Å². The minimum Gasteiger partial charge on any atom is -0.302 e. The van der Waals surface area contributed by atoms with E-state index in [1.54, 1.807) is 6.07 Å². The van der Waals surface area contributed by atoms with Gasteiger partial charge in [-0.05, 0) is 12.1 Å². The molecule has 0 radical (unpaired) electrons. The van der Waals surface area contributed by atoms with Crippen LogP contribution < -0.4 is 4.90 Å². The predicted molar refractivity (Wildman–Crippen MR) is 62.2 cm³/mol. The fourth-order valence-corrected chi connectivity index (χ4v) is 3.20. The van der Waals surface area contributed by atoms with E-state index in [1.165, 1.54) is 34.9 Å². The van der Waals surface area contributed by atoms with Crippen molar-refractivity contribution in [1.29, 1.82) is 0 Å². The number of hydrogen-bond acceptors (Lipinski definition) is 3. The SMILES string of the molecule is O=C1[C@H]2CSCN2C(=O)N1c1ccccc1F. The summed E-state index contributed by atoms with van der Waals surface area (Å²) in [4.78, 5) is 26.5. The molecule has 0 unspecified atom stereocenters. The molecule has 88 valence electrons. The highest BCUT2D eigenvalue weighted by Crippen LogP contribution is 2.33. The number of carbonyl (C=O) groups excluding carboxylic acids is 2. The van der Waals surface area contributed by atoms with Gasteiger partial charge >= 0.3 is 6.03 Å². The largest absolute Gasteiger partial charge is 0.332 e. The number of thioether (sulfide) groups is 1. The molecule has 2 aliphatic rings. The molecule has 0 bridgehead atoms. The fraction of sp³-hybridized carbons (Fsp3) is 0.273. The van der Waals surface area contributed by atoms with Gasteiger partial charge in [-0.3, -0.25) is 4.79 Å². The average molecular weight is 252 g/mol. The molecule has 6 heteroatoms. The Morgan fingerprint density at radius 2 is 2.06 bits per heavy atom. The molecule has 1 aromatic carbocycles. The second kappa shape index (κ2) is 3.73. The topological polar surface area (TPSA) is 40.6 Å². The van der Waals surface area contributed by atoms with Crippen LogP contribution in [0.4, 0.5) is 14.9 Å². The summed E-state index contributed by atoms with van der Waals surface area (Å²) in [6.45, 7) is 0. The molecule has 0 N–H and O–H groups in total. The second-order valence-corrected chi connectivity index (χ2v) is 4.89.